The third-order valence-electron chi connectivity index (χ3n) is 13.9. The molecule has 1 aliphatic carbocycles. The Morgan fingerprint density at radius 1 is 0.234 bits per heavy atom. The molecule has 2 aromatic heterocycles. The zero-order valence-electron chi connectivity index (χ0n) is 34.8. The highest BCUT2D eigenvalue weighted by atomic mass is 15.0. The third kappa shape index (κ3) is 5.08. The van der Waals surface area contributed by atoms with Gasteiger partial charge in [0.05, 0.1) is 22.1 Å². The quantitative estimate of drug-likeness (QED) is 0.164. The maximum absolute atomic E-state index is 2.44. The molecule has 0 aliphatic heterocycles. The molecule has 14 rings (SSSR count). The summed E-state index contributed by atoms with van der Waals surface area (Å²) >= 11 is 0. The summed E-state index contributed by atoms with van der Waals surface area (Å²) in [6.45, 7) is 0. The molecule has 0 spiro atoms. The van der Waals surface area contributed by atoms with Gasteiger partial charge in [-0.25, -0.2) is 0 Å². The second-order valence-corrected chi connectivity index (χ2v) is 17.2. The molecule has 0 bridgehead atoms. The molecule has 2 nitrogen and oxygen atoms in total. The first-order valence-electron chi connectivity index (χ1n) is 22.2. The predicted octanol–water partition coefficient (Wildman–Crippen LogP) is 16.8. The highest BCUT2D eigenvalue weighted by molar-refractivity contribution is 6.20. The van der Waals surface area contributed by atoms with Crippen molar-refractivity contribution < 1.29 is 0 Å². The molecule has 0 atom stereocenters. The van der Waals surface area contributed by atoms with E-state index in [1.54, 1.807) is 0 Å². The number of fused-ring (bicyclic) bond motifs is 11. The Morgan fingerprint density at radius 2 is 0.812 bits per heavy atom. The lowest BCUT2D eigenvalue weighted by atomic mass is 9.92. The average molecular weight is 811 g/mol. The van der Waals surface area contributed by atoms with Gasteiger partial charge in [-0.3, -0.25) is 0 Å². The first kappa shape index (κ1) is 35.2. The van der Waals surface area contributed by atoms with Crippen LogP contribution in [0.3, 0.4) is 0 Å². The van der Waals surface area contributed by atoms with Crippen molar-refractivity contribution in [3.05, 3.63) is 231 Å². The molecular weight excluding hydrogens is 773 g/mol. The van der Waals surface area contributed by atoms with E-state index in [-0.39, 0.29) is 0 Å². The number of aromatic nitrogens is 2. The van der Waals surface area contributed by atoms with Gasteiger partial charge >= 0.3 is 0 Å². The SMILES string of the molecule is c1ccc(-n2c3ccc(-c4ccc5c6ccccc6n(-c6ccc(-c7ccccc7-c7ccc8c(c7)-c7cccc9cccc-8c79)cc6)c5c4)cc3c3ccc4ccccc4c32)cc1. The van der Waals surface area contributed by atoms with E-state index in [0.717, 1.165) is 5.69 Å². The van der Waals surface area contributed by atoms with Gasteiger partial charge in [-0.15, -0.1) is 0 Å². The molecule has 296 valence electrons. The Labute approximate surface area is 370 Å². The van der Waals surface area contributed by atoms with E-state index < -0.39 is 0 Å². The summed E-state index contributed by atoms with van der Waals surface area (Å²) in [5.74, 6) is 0. The van der Waals surface area contributed by atoms with Crippen LogP contribution in [0.1, 0.15) is 0 Å². The van der Waals surface area contributed by atoms with Gasteiger partial charge in [0.2, 0.25) is 0 Å². The van der Waals surface area contributed by atoms with Crippen LogP contribution in [-0.4, -0.2) is 9.13 Å². The molecule has 2 heteroatoms. The van der Waals surface area contributed by atoms with Gasteiger partial charge in [-0.2, -0.15) is 0 Å². The third-order valence-corrected chi connectivity index (χ3v) is 13.9. The largest absolute Gasteiger partial charge is 0.309 e. The molecule has 0 fully saturated rings. The lowest BCUT2D eigenvalue weighted by Crippen LogP contribution is -1.95. The normalized spacial score (nSPS) is 12.1. The van der Waals surface area contributed by atoms with Crippen molar-refractivity contribution in [3.63, 3.8) is 0 Å². The first-order valence-corrected chi connectivity index (χ1v) is 22.2. The summed E-state index contributed by atoms with van der Waals surface area (Å²) in [5, 5.41) is 10.2. The molecule has 1 aliphatic rings. The van der Waals surface area contributed by atoms with Crippen LogP contribution in [0.25, 0.3) is 132 Å². The molecule has 11 aromatic carbocycles. The fraction of sp³-hybridized carbons (Fsp3) is 0. The highest BCUT2D eigenvalue weighted by Crippen LogP contribution is 2.49. The van der Waals surface area contributed by atoms with Gasteiger partial charge in [0.1, 0.15) is 0 Å². The minimum Gasteiger partial charge on any atom is -0.309 e. The van der Waals surface area contributed by atoms with Gasteiger partial charge < -0.3 is 9.13 Å². The van der Waals surface area contributed by atoms with Crippen LogP contribution in [0.4, 0.5) is 0 Å². The van der Waals surface area contributed by atoms with Crippen LogP contribution in [-0.2, 0) is 0 Å². The topological polar surface area (TPSA) is 9.86 Å². The molecule has 0 radical (unpaired) electrons. The monoisotopic (exact) mass is 810 g/mol. The summed E-state index contributed by atoms with van der Waals surface area (Å²) in [6, 6.07) is 85.2. The van der Waals surface area contributed by atoms with Crippen molar-refractivity contribution in [1.29, 1.82) is 0 Å². The summed E-state index contributed by atoms with van der Waals surface area (Å²) in [5.41, 5.74) is 19.7. The molecule has 0 saturated carbocycles. The Balaban J connectivity index is 0.882. The lowest BCUT2D eigenvalue weighted by molar-refractivity contribution is 1.18. The summed E-state index contributed by atoms with van der Waals surface area (Å²) in [4.78, 5) is 0. The number of para-hydroxylation sites is 2. The minimum absolute atomic E-state index is 1.14. The van der Waals surface area contributed by atoms with Crippen LogP contribution in [0.2, 0.25) is 0 Å². The van der Waals surface area contributed by atoms with E-state index in [9.17, 15) is 0 Å². The van der Waals surface area contributed by atoms with Gasteiger partial charge in [-0.05, 0) is 126 Å². The Kier molecular flexibility index (Phi) is 7.43. The van der Waals surface area contributed by atoms with Crippen molar-refractivity contribution in [2.75, 3.05) is 0 Å². The maximum Gasteiger partial charge on any atom is 0.0619 e. The second kappa shape index (κ2) is 13.5. The van der Waals surface area contributed by atoms with Crippen LogP contribution in [0, 0.1) is 0 Å². The van der Waals surface area contributed by atoms with Crippen LogP contribution in [0.5, 0.6) is 0 Å². The van der Waals surface area contributed by atoms with Crippen LogP contribution in [0.15, 0.2) is 231 Å². The molecule has 0 unspecified atom stereocenters. The van der Waals surface area contributed by atoms with Crippen molar-refractivity contribution in [2.24, 2.45) is 0 Å². The fourth-order valence-electron chi connectivity index (χ4n) is 11.0. The van der Waals surface area contributed by atoms with Gasteiger partial charge in [0, 0.05) is 38.3 Å². The number of hydrogen-bond donors (Lipinski definition) is 0. The van der Waals surface area contributed by atoms with Crippen molar-refractivity contribution in [3.8, 4) is 67.0 Å². The zero-order valence-corrected chi connectivity index (χ0v) is 34.8. The van der Waals surface area contributed by atoms with Gasteiger partial charge in [0.25, 0.3) is 0 Å². The van der Waals surface area contributed by atoms with E-state index >= 15 is 0 Å². The van der Waals surface area contributed by atoms with E-state index in [1.165, 1.54) is 126 Å². The predicted molar refractivity (Wildman–Crippen MR) is 271 cm³/mol. The average Bonchev–Trinajstić information content (AvgIpc) is 4.00. The van der Waals surface area contributed by atoms with Crippen molar-refractivity contribution in [1.82, 2.24) is 9.13 Å². The van der Waals surface area contributed by atoms with Crippen LogP contribution < -0.4 is 0 Å². The summed E-state index contributed by atoms with van der Waals surface area (Å²) < 4.78 is 4.87. The lowest BCUT2D eigenvalue weighted by Gasteiger charge is -2.14. The molecule has 0 amide bonds. The van der Waals surface area contributed by atoms with Crippen molar-refractivity contribution in [2.45, 2.75) is 0 Å². The number of hydrogen-bond acceptors (Lipinski definition) is 0. The standard InChI is InChI=1S/C62H38N2/c1-2-15-45(16-3-1)64-59-35-29-42(36-57(59)55-34-26-39-12-4-5-19-49(39)62(55)64)43-27-33-52-51-20-8-9-23-58(51)63(60(52)38-43)46-30-24-40(25-31-46)47-17-6-7-18-48(47)44-28-32-50-53-21-10-13-41-14-11-22-54(61(41)53)56(50)37-44/h1-38H. The zero-order chi connectivity index (χ0) is 41.9. The molecule has 13 aromatic rings. The maximum atomic E-state index is 2.44. The Bertz CT molecular complexity index is 4050. The van der Waals surface area contributed by atoms with Crippen LogP contribution >= 0.6 is 0 Å². The summed E-state index contributed by atoms with van der Waals surface area (Å²) in [6.07, 6.45) is 0. The number of benzene rings is 11. The van der Waals surface area contributed by atoms with E-state index in [1.807, 2.05) is 0 Å². The Hall–Kier alpha value is -8.46. The minimum atomic E-state index is 1.14. The van der Waals surface area contributed by atoms with Gasteiger partial charge in [0.15, 0.2) is 0 Å². The van der Waals surface area contributed by atoms with E-state index in [0.29, 0.717) is 0 Å². The highest BCUT2D eigenvalue weighted by Gasteiger charge is 2.23. The van der Waals surface area contributed by atoms with E-state index in [2.05, 4.69) is 240 Å². The first-order chi connectivity index (χ1) is 31.7. The smallest absolute Gasteiger partial charge is 0.0619 e. The van der Waals surface area contributed by atoms with E-state index in [4.69, 9.17) is 0 Å². The Morgan fingerprint density at radius 3 is 1.66 bits per heavy atom. The number of nitrogens with zero attached hydrogens (tertiary/aromatic N) is 2. The van der Waals surface area contributed by atoms with Crippen molar-refractivity contribution >= 4 is 65.2 Å². The van der Waals surface area contributed by atoms with Gasteiger partial charge in [-0.1, -0.05) is 176 Å². The molecular formula is C62H38N2. The summed E-state index contributed by atoms with van der Waals surface area (Å²) in [7, 11) is 0. The molecule has 0 N–H and O–H groups in total. The number of rotatable bonds is 5. The molecule has 64 heavy (non-hydrogen) atoms. The molecule has 2 heterocycles. The molecule has 0 saturated heterocycles. The second-order valence-electron chi connectivity index (χ2n) is 17.2. The fourth-order valence-corrected chi connectivity index (χ4v) is 11.0.